The van der Waals surface area contributed by atoms with Gasteiger partial charge in [0, 0.05) is 6.42 Å². The normalized spacial score (nSPS) is 11.9. The third kappa shape index (κ3) is 7.54. The molecule has 0 atom stereocenters. The van der Waals surface area contributed by atoms with Gasteiger partial charge >= 0.3 is 6.09 Å². The number of Topliss-reactive ketones (excluding diaryl/α,β-unsaturated/α-hetero) is 1. The molecule has 0 spiro atoms. The summed E-state index contributed by atoms with van der Waals surface area (Å²) in [7, 11) is -3.94. The highest BCUT2D eigenvalue weighted by Crippen LogP contribution is 2.13. The Bertz CT molecular complexity index is 722. The number of amides is 1. The summed E-state index contributed by atoms with van der Waals surface area (Å²) >= 11 is 0. The molecule has 24 heavy (non-hydrogen) atoms. The van der Waals surface area contributed by atoms with Gasteiger partial charge in [-0.05, 0) is 51.3 Å². The number of sulfonamides is 1. The van der Waals surface area contributed by atoms with Crippen LogP contribution >= 0.6 is 0 Å². The molecular weight excluding hydrogens is 337 g/mol. The minimum absolute atomic E-state index is 0.0914. The number of nitrogens with one attached hydrogen (secondary N) is 1. The first-order valence-corrected chi connectivity index (χ1v) is 9.03. The molecule has 6 nitrogen and oxygen atoms in total. The van der Waals surface area contributed by atoms with Gasteiger partial charge in [-0.15, -0.1) is 0 Å². The molecule has 0 aliphatic carbocycles. The van der Waals surface area contributed by atoms with Crippen molar-refractivity contribution in [2.75, 3.05) is 5.75 Å². The summed E-state index contributed by atoms with van der Waals surface area (Å²) in [5.41, 5.74) is -0.103. The second kappa shape index (κ2) is 7.74. The Morgan fingerprint density at radius 3 is 2.38 bits per heavy atom. The largest absolute Gasteiger partial charge is 0.443 e. The summed E-state index contributed by atoms with van der Waals surface area (Å²) in [4.78, 5) is 22.5. The number of carbonyl (C=O) groups is 2. The molecule has 134 valence electrons. The molecular formula is C16H22FNO5S. The molecule has 1 N–H and O–H groups in total. The third-order valence-electron chi connectivity index (χ3n) is 2.85. The molecule has 1 amide bonds. The van der Waals surface area contributed by atoms with Crippen LogP contribution in [0.15, 0.2) is 18.2 Å². The fraction of sp³-hybridized carbons (Fsp3) is 0.500. The highest BCUT2D eigenvalue weighted by atomic mass is 32.2. The molecule has 0 aliphatic heterocycles. The van der Waals surface area contributed by atoms with Crippen LogP contribution in [-0.2, 0) is 32.4 Å². The van der Waals surface area contributed by atoms with Crippen LogP contribution in [0.3, 0.4) is 0 Å². The van der Waals surface area contributed by atoms with Crippen molar-refractivity contribution in [1.29, 1.82) is 0 Å². The van der Waals surface area contributed by atoms with E-state index in [4.69, 9.17) is 4.74 Å². The molecule has 0 saturated carbocycles. The van der Waals surface area contributed by atoms with Gasteiger partial charge in [0.2, 0.25) is 10.0 Å². The maximum absolute atomic E-state index is 13.9. The summed E-state index contributed by atoms with van der Waals surface area (Å²) in [5.74, 6) is -1.14. The Hall–Kier alpha value is -1.96. The highest BCUT2D eigenvalue weighted by Gasteiger charge is 2.21. The number of ether oxygens (including phenoxy) is 1. The van der Waals surface area contributed by atoms with E-state index in [1.54, 1.807) is 31.6 Å². The Morgan fingerprint density at radius 1 is 1.25 bits per heavy atom. The molecule has 0 unspecified atom stereocenters. The van der Waals surface area contributed by atoms with E-state index in [9.17, 15) is 22.4 Å². The summed E-state index contributed by atoms with van der Waals surface area (Å²) in [5, 5.41) is 0. The van der Waals surface area contributed by atoms with Crippen molar-refractivity contribution in [2.24, 2.45) is 0 Å². The number of rotatable bonds is 6. The second-order valence-corrected chi connectivity index (χ2v) is 8.32. The van der Waals surface area contributed by atoms with Gasteiger partial charge in [0.25, 0.3) is 0 Å². The molecule has 0 aliphatic rings. The molecule has 0 heterocycles. The summed E-state index contributed by atoms with van der Waals surface area (Å²) < 4.78 is 44.3. The first-order chi connectivity index (χ1) is 10.9. The maximum atomic E-state index is 13.9. The van der Waals surface area contributed by atoms with Crippen LogP contribution in [0, 0.1) is 5.82 Å². The van der Waals surface area contributed by atoms with Gasteiger partial charge in [0.1, 0.15) is 17.2 Å². The third-order valence-corrected chi connectivity index (χ3v) is 4.07. The van der Waals surface area contributed by atoms with Crippen LogP contribution in [0.5, 0.6) is 0 Å². The Morgan fingerprint density at radius 2 is 1.88 bits per heavy atom. The zero-order chi connectivity index (χ0) is 18.5. The smallest absolute Gasteiger partial charge is 0.421 e. The van der Waals surface area contributed by atoms with Crippen molar-refractivity contribution in [3.05, 3.63) is 35.1 Å². The fourth-order valence-electron chi connectivity index (χ4n) is 1.91. The lowest BCUT2D eigenvalue weighted by molar-refractivity contribution is -0.116. The predicted molar refractivity (Wildman–Crippen MR) is 87.6 cm³/mol. The van der Waals surface area contributed by atoms with Gasteiger partial charge in [0.05, 0.1) is 5.75 Å². The Balaban J connectivity index is 2.67. The number of hydrogen-bond donors (Lipinski definition) is 1. The van der Waals surface area contributed by atoms with E-state index in [1.807, 2.05) is 0 Å². The van der Waals surface area contributed by atoms with Crippen molar-refractivity contribution in [2.45, 2.75) is 46.1 Å². The number of benzene rings is 1. The molecule has 0 fully saturated rings. The monoisotopic (exact) mass is 359 g/mol. The molecule has 0 aromatic heterocycles. The molecule has 0 bridgehead atoms. The minimum atomic E-state index is -3.94. The summed E-state index contributed by atoms with van der Waals surface area (Å²) in [6.45, 7) is 6.23. The van der Waals surface area contributed by atoms with Gasteiger partial charge < -0.3 is 4.74 Å². The van der Waals surface area contributed by atoms with Gasteiger partial charge in [-0.1, -0.05) is 12.1 Å². The lowest BCUT2D eigenvalue weighted by Gasteiger charge is -2.19. The fourth-order valence-corrected chi connectivity index (χ4v) is 2.80. The van der Waals surface area contributed by atoms with E-state index in [1.165, 1.54) is 19.1 Å². The lowest BCUT2D eigenvalue weighted by atomic mass is 10.1. The number of hydrogen-bond acceptors (Lipinski definition) is 5. The van der Waals surface area contributed by atoms with Crippen LogP contribution in [0.1, 0.15) is 38.8 Å². The van der Waals surface area contributed by atoms with Gasteiger partial charge in [-0.25, -0.2) is 22.3 Å². The summed E-state index contributed by atoms with van der Waals surface area (Å²) in [6, 6.07) is 4.23. The van der Waals surface area contributed by atoms with Crippen LogP contribution in [-0.4, -0.2) is 31.6 Å². The summed E-state index contributed by atoms with van der Waals surface area (Å²) in [6.07, 6.45) is -1.06. The predicted octanol–water partition coefficient (Wildman–Crippen LogP) is 2.35. The second-order valence-electron chi connectivity index (χ2n) is 6.48. The molecule has 1 aromatic rings. The average Bonchev–Trinajstić information content (AvgIpc) is 2.33. The Labute approximate surface area is 141 Å². The highest BCUT2D eigenvalue weighted by molar-refractivity contribution is 7.90. The first kappa shape index (κ1) is 20.1. The minimum Gasteiger partial charge on any atom is -0.443 e. The van der Waals surface area contributed by atoms with Crippen LogP contribution < -0.4 is 4.72 Å². The van der Waals surface area contributed by atoms with Crippen molar-refractivity contribution in [3.8, 4) is 0 Å². The molecule has 1 aromatic carbocycles. The lowest BCUT2D eigenvalue weighted by Crippen LogP contribution is -2.37. The van der Waals surface area contributed by atoms with Crippen molar-refractivity contribution < 1.29 is 27.1 Å². The number of aryl methyl sites for hydroxylation is 1. The molecule has 8 heteroatoms. The van der Waals surface area contributed by atoms with Crippen LogP contribution in [0.25, 0.3) is 0 Å². The number of ketones is 1. The maximum Gasteiger partial charge on any atom is 0.421 e. The van der Waals surface area contributed by atoms with Gasteiger partial charge in [0.15, 0.2) is 0 Å². The van der Waals surface area contributed by atoms with Crippen LogP contribution in [0.4, 0.5) is 9.18 Å². The van der Waals surface area contributed by atoms with Crippen molar-refractivity contribution >= 4 is 21.9 Å². The Kier molecular flexibility index (Phi) is 6.48. The van der Waals surface area contributed by atoms with E-state index in [-0.39, 0.29) is 24.2 Å². The zero-order valence-electron chi connectivity index (χ0n) is 14.2. The van der Waals surface area contributed by atoms with Crippen LogP contribution in [0.2, 0.25) is 0 Å². The number of halogens is 1. The van der Waals surface area contributed by atoms with Gasteiger partial charge in [-0.2, -0.15) is 0 Å². The van der Waals surface area contributed by atoms with Gasteiger partial charge in [-0.3, -0.25) is 4.79 Å². The van der Waals surface area contributed by atoms with E-state index in [0.717, 1.165) is 0 Å². The van der Waals surface area contributed by atoms with E-state index in [0.29, 0.717) is 5.56 Å². The van der Waals surface area contributed by atoms with Crippen molar-refractivity contribution in [3.63, 3.8) is 0 Å². The van der Waals surface area contributed by atoms with E-state index in [2.05, 4.69) is 0 Å². The molecule has 1 rings (SSSR count). The SMILES string of the molecule is CC(=O)Cc1ccc(CCS(=O)(=O)NC(=O)OC(C)(C)C)c(F)c1. The van der Waals surface area contributed by atoms with E-state index >= 15 is 0 Å². The van der Waals surface area contributed by atoms with Crippen molar-refractivity contribution in [1.82, 2.24) is 4.72 Å². The zero-order valence-corrected chi connectivity index (χ0v) is 15.0. The van der Waals surface area contributed by atoms with E-state index < -0.39 is 33.3 Å². The average molecular weight is 359 g/mol. The topological polar surface area (TPSA) is 89.5 Å². The quantitative estimate of drug-likeness (QED) is 0.842. The molecule has 0 radical (unpaired) electrons. The first-order valence-electron chi connectivity index (χ1n) is 7.38. The number of carbonyl (C=O) groups excluding carboxylic acids is 2. The molecule has 0 saturated heterocycles. The standard InChI is InChI=1S/C16H22FNO5S/c1-11(19)9-12-5-6-13(14(17)10-12)7-8-24(21,22)18-15(20)23-16(2,3)4/h5-6,10H,7-9H2,1-4H3,(H,18,20).